The van der Waals surface area contributed by atoms with Crippen LogP contribution in [0.1, 0.15) is 13.3 Å². The Bertz CT molecular complexity index is 297. The number of carbonyl (C=O) groups is 1. The fraction of sp³-hybridized carbons (Fsp3) is 0.375. The van der Waals surface area contributed by atoms with Crippen LogP contribution in [0.4, 0.5) is 0 Å². The monoisotopic (exact) mass is 246 g/mol. The summed E-state index contributed by atoms with van der Waals surface area (Å²) in [6, 6.07) is 0. The van der Waals surface area contributed by atoms with Gasteiger partial charge in [0.15, 0.2) is 0 Å². The van der Waals surface area contributed by atoms with Crippen molar-refractivity contribution >= 4 is 21.9 Å². The van der Waals surface area contributed by atoms with E-state index in [9.17, 15) is 4.79 Å². The molecule has 0 radical (unpaired) electrons. The topological polar surface area (TPSA) is 52.6 Å². The molecule has 0 aromatic carbocycles. The van der Waals surface area contributed by atoms with Gasteiger partial charge in [-0.15, -0.1) is 0 Å². The molecule has 1 rings (SSSR count). The maximum Gasteiger partial charge on any atom is 0.354 e. The van der Waals surface area contributed by atoms with E-state index < -0.39 is 5.97 Å². The van der Waals surface area contributed by atoms with Crippen LogP contribution in [0.3, 0.4) is 0 Å². The average Bonchev–Trinajstić information content (AvgIpc) is 2.09. The summed E-state index contributed by atoms with van der Waals surface area (Å²) in [5.41, 5.74) is 1.01. The van der Waals surface area contributed by atoms with Gasteiger partial charge in [-0.3, -0.25) is 0 Å². The van der Waals surface area contributed by atoms with Crippen LogP contribution in [-0.2, 0) is 4.79 Å². The Labute approximate surface area is 85.0 Å². The molecule has 2 N–H and O–H groups in total. The number of carboxylic acid groups (broad SMARTS) is 1. The molecule has 0 saturated heterocycles. The van der Waals surface area contributed by atoms with Gasteiger partial charge in [-0.1, -0.05) is 6.92 Å². The smallest absolute Gasteiger partial charge is 0.354 e. The Morgan fingerprint density at radius 2 is 2.38 bits per heavy atom. The third-order valence-electron chi connectivity index (χ3n) is 1.90. The van der Waals surface area contributed by atoms with Crippen molar-refractivity contribution in [1.29, 1.82) is 0 Å². The van der Waals surface area contributed by atoms with E-state index in [1.165, 1.54) is 0 Å². The van der Waals surface area contributed by atoms with Gasteiger partial charge in [-0.2, -0.15) is 0 Å². The highest BCUT2D eigenvalue weighted by Crippen LogP contribution is 2.23. The minimum absolute atomic E-state index is 0.244. The van der Waals surface area contributed by atoms with Crippen LogP contribution in [0.15, 0.2) is 22.2 Å². The molecule has 13 heavy (non-hydrogen) atoms. The molecule has 0 spiro atoms. The third-order valence-corrected chi connectivity index (χ3v) is 2.66. The van der Waals surface area contributed by atoms with Gasteiger partial charge >= 0.3 is 5.97 Å². The van der Waals surface area contributed by atoms with Gasteiger partial charge in [0.2, 0.25) is 0 Å². The molecular formula is C8H11BrN2O2. The fourth-order valence-electron chi connectivity index (χ4n) is 1.21. The molecule has 0 bridgehead atoms. The quantitative estimate of drug-likeness (QED) is 0.724. The Morgan fingerprint density at radius 3 is 2.85 bits per heavy atom. The maximum absolute atomic E-state index is 10.8. The Morgan fingerprint density at radius 1 is 1.77 bits per heavy atom. The second-order valence-corrected chi connectivity index (χ2v) is 3.46. The molecule has 72 valence electrons. The lowest BCUT2D eigenvalue weighted by Gasteiger charge is -2.27. The number of allylic oxidation sites excluding steroid dienone is 1. The number of aliphatic carboxylic acids is 1. The van der Waals surface area contributed by atoms with Crippen LogP contribution in [0.25, 0.3) is 0 Å². The van der Waals surface area contributed by atoms with Crippen molar-refractivity contribution in [1.82, 2.24) is 10.2 Å². The van der Waals surface area contributed by atoms with Crippen LogP contribution in [-0.4, -0.2) is 23.0 Å². The van der Waals surface area contributed by atoms with Gasteiger partial charge in [0.05, 0.1) is 0 Å². The van der Waals surface area contributed by atoms with Crippen molar-refractivity contribution < 1.29 is 9.90 Å². The number of rotatable bonds is 2. The summed E-state index contributed by atoms with van der Waals surface area (Å²) in [5, 5.41) is 11.6. The van der Waals surface area contributed by atoms with E-state index in [2.05, 4.69) is 21.2 Å². The summed E-state index contributed by atoms with van der Waals surface area (Å²) < 4.78 is 0.828. The highest BCUT2D eigenvalue weighted by molar-refractivity contribution is 9.11. The average molecular weight is 247 g/mol. The number of halogens is 1. The summed E-state index contributed by atoms with van der Waals surface area (Å²) in [6.45, 7) is 1.92. The number of carboxylic acids is 1. The minimum Gasteiger partial charge on any atom is -0.477 e. The molecule has 0 unspecified atom stereocenters. The second-order valence-electron chi connectivity index (χ2n) is 2.65. The number of nitrogens with one attached hydrogen (secondary N) is 1. The highest BCUT2D eigenvalue weighted by atomic mass is 79.9. The SMILES string of the molecule is CCC1=C(C(=O)O)NC=C(Br)N1C. The predicted octanol–water partition coefficient (Wildman–Crippen LogP) is 1.42. The molecule has 0 amide bonds. The van der Waals surface area contributed by atoms with Crippen molar-refractivity contribution in [3.8, 4) is 0 Å². The zero-order valence-corrected chi connectivity index (χ0v) is 9.05. The van der Waals surface area contributed by atoms with E-state index in [0.29, 0.717) is 6.42 Å². The highest BCUT2D eigenvalue weighted by Gasteiger charge is 2.20. The summed E-state index contributed by atoms with van der Waals surface area (Å²) in [5.74, 6) is -0.931. The van der Waals surface area contributed by atoms with Crippen molar-refractivity contribution in [2.24, 2.45) is 0 Å². The molecule has 1 heterocycles. The van der Waals surface area contributed by atoms with E-state index in [1.54, 1.807) is 11.1 Å². The van der Waals surface area contributed by atoms with Crippen LogP contribution >= 0.6 is 15.9 Å². The van der Waals surface area contributed by atoms with Crippen molar-refractivity contribution in [3.05, 3.63) is 22.2 Å². The standard InChI is InChI=1S/C8H11BrN2O2/c1-3-5-7(8(12)13)10-4-6(9)11(5)2/h4,10H,3H2,1-2H3,(H,12,13). The molecule has 0 aromatic heterocycles. The Hall–Kier alpha value is -0.970. The minimum atomic E-state index is -0.931. The van der Waals surface area contributed by atoms with Crippen molar-refractivity contribution in [2.75, 3.05) is 7.05 Å². The molecule has 0 aromatic rings. The summed E-state index contributed by atoms with van der Waals surface area (Å²) >= 11 is 3.31. The molecule has 5 heteroatoms. The number of nitrogens with zero attached hydrogens (tertiary/aromatic N) is 1. The molecule has 1 aliphatic heterocycles. The molecule has 0 fully saturated rings. The lowest BCUT2D eigenvalue weighted by Crippen LogP contribution is -2.29. The van der Waals surface area contributed by atoms with Gasteiger partial charge in [-0.25, -0.2) is 4.79 Å². The van der Waals surface area contributed by atoms with E-state index in [4.69, 9.17) is 5.11 Å². The Balaban J connectivity index is 3.04. The summed E-state index contributed by atoms with van der Waals surface area (Å²) in [4.78, 5) is 12.6. The lowest BCUT2D eigenvalue weighted by molar-refractivity contribution is -0.133. The first-order valence-corrected chi connectivity index (χ1v) is 4.69. The zero-order valence-electron chi connectivity index (χ0n) is 7.47. The van der Waals surface area contributed by atoms with E-state index >= 15 is 0 Å². The van der Waals surface area contributed by atoms with Gasteiger partial charge in [0.25, 0.3) is 0 Å². The largest absolute Gasteiger partial charge is 0.477 e. The third kappa shape index (κ3) is 1.85. The maximum atomic E-state index is 10.8. The fourth-order valence-corrected chi connectivity index (χ4v) is 1.54. The molecule has 4 nitrogen and oxygen atoms in total. The first kappa shape index (κ1) is 10.1. The molecule has 1 aliphatic rings. The summed E-state index contributed by atoms with van der Waals surface area (Å²) in [7, 11) is 1.82. The van der Waals surface area contributed by atoms with Gasteiger partial charge < -0.3 is 15.3 Å². The van der Waals surface area contributed by atoms with Crippen molar-refractivity contribution in [2.45, 2.75) is 13.3 Å². The van der Waals surface area contributed by atoms with E-state index in [1.807, 2.05) is 14.0 Å². The number of hydrogen-bond acceptors (Lipinski definition) is 3. The van der Waals surface area contributed by atoms with Gasteiger partial charge in [-0.05, 0) is 22.4 Å². The normalized spacial score (nSPS) is 16.8. The van der Waals surface area contributed by atoms with Gasteiger partial charge in [0, 0.05) is 18.9 Å². The lowest BCUT2D eigenvalue weighted by atomic mass is 10.2. The summed E-state index contributed by atoms with van der Waals surface area (Å²) in [6.07, 6.45) is 2.29. The first-order valence-electron chi connectivity index (χ1n) is 3.90. The zero-order chi connectivity index (χ0) is 10.0. The molecule has 0 atom stereocenters. The number of hydrogen-bond donors (Lipinski definition) is 2. The van der Waals surface area contributed by atoms with Gasteiger partial charge in [0.1, 0.15) is 10.3 Å². The first-order chi connectivity index (χ1) is 6.07. The van der Waals surface area contributed by atoms with E-state index in [0.717, 1.165) is 10.3 Å². The molecular weight excluding hydrogens is 236 g/mol. The molecule has 0 saturated carbocycles. The van der Waals surface area contributed by atoms with Crippen molar-refractivity contribution in [3.63, 3.8) is 0 Å². The van der Waals surface area contributed by atoms with Crippen LogP contribution < -0.4 is 5.32 Å². The van der Waals surface area contributed by atoms with Crippen LogP contribution in [0, 0.1) is 0 Å². The van der Waals surface area contributed by atoms with Crippen LogP contribution in [0.5, 0.6) is 0 Å². The second kappa shape index (κ2) is 3.83. The van der Waals surface area contributed by atoms with E-state index in [-0.39, 0.29) is 5.70 Å². The Kier molecular flexibility index (Phi) is 2.98. The predicted molar refractivity (Wildman–Crippen MR) is 52.9 cm³/mol. The molecule has 0 aliphatic carbocycles. The van der Waals surface area contributed by atoms with Crippen LogP contribution in [0.2, 0.25) is 0 Å².